The number of aromatic nitrogens is 2. The van der Waals surface area contributed by atoms with E-state index in [1.807, 2.05) is 37.3 Å². The second-order valence-electron chi connectivity index (χ2n) is 5.69. The third kappa shape index (κ3) is 3.59. The first-order chi connectivity index (χ1) is 12.4. The van der Waals surface area contributed by atoms with Crippen LogP contribution < -0.4 is 5.43 Å². The molecule has 134 valence electrons. The molecule has 2 heterocycles. The number of benzene rings is 1. The van der Waals surface area contributed by atoms with Gasteiger partial charge in [0.25, 0.3) is 0 Å². The van der Waals surface area contributed by atoms with E-state index in [4.69, 9.17) is 11.6 Å². The summed E-state index contributed by atoms with van der Waals surface area (Å²) in [5, 5.41) is 8.97. The fraction of sp³-hybridized carbons (Fsp3) is 0.167. The van der Waals surface area contributed by atoms with Gasteiger partial charge in [-0.1, -0.05) is 29.8 Å². The van der Waals surface area contributed by atoms with Crippen LogP contribution in [0.3, 0.4) is 0 Å². The van der Waals surface area contributed by atoms with E-state index in [0.29, 0.717) is 5.75 Å². The molecule has 8 heteroatoms. The summed E-state index contributed by atoms with van der Waals surface area (Å²) in [7, 11) is 0. The van der Waals surface area contributed by atoms with Crippen molar-refractivity contribution >= 4 is 40.4 Å². The number of rotatable bonds is 5. The molecule has 2 aromatic heterocycles. The number of carboxylic acids is 1. The van der Waals surface area contributed by atoms with Gasteiger partial charge in [-0.25, -0.2) is 4.79 Å². The molecule has 3 aromatic rings. The molecule has 0 bridgehead atoms. The number of halogens is 2. The van der Waals surface area contributed by atoms with Crippen LogP contribution in [0.15, 0.2) is 52.3 Å². The van der Waals surface area contributed by atoms with Crippen LogP contribution in [0.4, 0.5) is 4.39 Å². The largest absolute Gasteiger partial charge is 0.477 e. The van der Waals surface area contributed by atoms with Gasteiger partial charge >= 0.3 is 5.97 Å². The maximum atomic E-state index is 13.9. The fourth-order valence-corrected chi connectivity index (χ4v) is 3.62. The van der Waals surface area contributed by atoms with Crippen LogP contribution in [0, 0.1) is 5.95 Å². The van der Waals surface area contributed by atoms with E-state index in [1.165, 1.54) is 10.8 Å². The predicted molar refractivity (Wildman–Crippen MR) is 99.8 cm³/mol. The monoisotopic (exact) mass is 392 g/mol. The number of aromatic carboxylic acids is 1. The molecule has 0 aliphatic rings. The lowest BCUT2D eigenvalue weighted by atomic mass is 10.1. The molecule has 1 unspecified atom stereocenters. The van der Waals surface area contributed by atoms with E-state index >= 15 is 0 Å². The first-order valence-corrected chi connectivity index (χ1v) is 9.07. The molecule has 0 amide bonds. The molecule has 0 aliphatic carbocycles. The van der Waals surface area contributed by atoms with Gasteiger partial charge < -0.3 is 9.67 Å². The Morgan fingerprint density at radius 3 is 2.73 bits per heavy atom. The van der Waals surface area contributed by atoms with E-state index in [0.717, 1.165) is 11.0 Å². The van der Waals surface area contributed by atoms with E-state index in [9.17, 15) is 19.1 Å². The lowest BCUT2D eigenvalue weighted by Gasteiger charge is -2.19. The summed E-state index contributed by atoms with van der Waals surface area (Å²) in [6.07, 6.45) is 1.21. The van der Waals surface area contributed by atoms with Crippen molar-refractivity contribution in [3.8, 4) is 0 Å². The van der Waals surface area contributed by atoms with Crippen molar-refractivity contribution in [2.75, 3.05) is 5.75 Å². The SMILES string of the molecule is CC(CSc1ccccc1)n1cc(C(=O)O)c(=O)c2cc(Cl)c(F)nc21. The number of carbonyl (C=O) groups is 1. The zero-order valence-corrected chi connectivity index (χ0v) is 15.2. The molecule has 1 atom stereocenters. The van der Waals surface area contributed by atoms with Crippen LogP contribution in [0.2, 0.25) is 5.02 Å². The minimum Gasteiger partial charge on any atom is -0.477 e. The third-order valence-corrected chi connectivity index (χ3v) is 5.37. The van der Waals surface area contributed by atoms with E-state index in [2.05, 4.69) is 4.98 Å². The standard InChI is InChI=1S/C18H14ClFN2O3S/c1-10(9-26-11-5-3-2-4-6-11)22-8-13(18(24)25)15(23)12-7-14(19)16(20)21-17(12)22/h2-8,10H,9H2,1H3,(H,24,25). The molecule has 3 rings (SSSR count). The molecule has 1 N–H and O–H groups in total. The molecular weight excluding hydrogens is 379 g/mol. The van der Waals surface area contributed by atoms with Crippen LogP contribution in [-0.2, 0) is 0 Å². The summed E-state index contributed by atoms with van der Waals surface area (Å²) < 4.78 is 15.4. The molecule has 0 aliphatic heterocycles. The van der Waals surface area contributed by atoms with E-state index in [1.54, 1.807) is 11.8 Å². The summed E-state index contributed by atoms with van der Waals surface area (Å²) in [4.78, 5) is 28.6. The van der Waals surface area contributed by atoms with Crippen molar-refractivity contribution in [3.63, 3.8) is 0 Å². The minimum atomic E-state index is -1.35. The second-order valence-corrected chi connectivity index (χ2v) is 7.19. The Morgan fingerprint density at radius 2 is 2.08 bits per heavy atom. The van der Waals surface area contributed by atoms with E-state index < -0.39 is 22.9 Å². The Labute approximate surface area is 157 Å². The van der Waals surface area contributed by atoms with Crippen molar-refractivity contribution in [1.29, 1.82) is 0 Å². The highest BCUT2D eigenvalue weighted by atomic mass is 35.5. The molecule has 1 aromatic carbocycles. The fourth-order valence-electron chi connectivity index (χ4n) is 2.53. The highest BCUT2D eigenvalue weighted by Gasteiger charge is 2.20. The summed E-state index contributed by atoms with van der Waals surface area (Å²) >= 11 is 7.29. The first kappa shape index (κ1) is 18.4. The van der Waals surface area contributed by atoms with E-state index in [-0.39, 0.29) is 22.1 Å². The van der Waals surface area contributed by atoms with Gasteiger partial charge in [-0.15, -0.1) is 11.8 Å². The normalized spacial score (nSPS) is 12.3. The van der Waals surface area contributed by atoms with Gasteiger partial charge in [0.1, 0.15) is 11.2 Å². The molecule has 0 saturated carbocycles. The summed E-state index contributed by atoms with van der Waals surface area (Å²) in [6.45, 7) is 1.85. The van der Waals surface area contributed by atoms with Gasteiger partial charge in [-0.05, 0) is 25.1 Å². The maximum absolute atomic E-state index is 13.9. The van der Waals surface area contributed by atoms with Crippen LogP contribution >= 0.6 is 23.4 Å². The molecule has 0 fully saturated rings. The number of hydrogen-bond donors (Lipinski definition) is 1. The van der Waals surface area contributed by atoms with Gasteiger partial charge in [0.05, 0.1) is 10.4 Å². The van der Waals surface area contributed by atoms with Crippen molar-refractivity contribution in [2.24, 2.45) is 0 Å². The van der Waals surface area contributed by atoms with Crippen molar-refractivity contribution in [3.05, 3.63) is 69.4 Å². The topological polar surface area (TPSA) is 72.2 Å². The second kappa shape index (κ2) is 7.47. The summed E-state index contributed by atoms with van der Waals surface area (Å²) in [5.41, 5.74) is -1.07. The first-order valence-electron chi connectivity index (χ1n) is 7.70. The number of nitrogens with zero attached hydrogens (tertiary/aromatic N) is 2. The highest BCUT2D eigenvalue weighted by molar-refractivity contribution is 7.99. The number of pyridine rings is 2. The van der Waals surface area contributed by atoms with Crippen molar-refractivity contribution < 1.29 is 14.3 Å². The Hall–Kier alpha value is -2.38. The van der Waals surface area contributed by atoms with Crippen LogP contribution in [0.1, 0.15) is 23.3 Å². The Kier molecular flexibility index (Phi) is 5.29. The average Bonchev–Trinajstić information content (AvgIpc) is 2.62. The number of thioether (sulfide) groups is 1. The molecular formula is C18H14ClFN2O3S. The Morgan fingerprint density at radius 1 is 1.38 bits per heavy atom. The third-order valence-electron chi connectivity index (χ3n) is 3.85. The lowest BCUT2D eigenvalue weighted by Crippen LogP contribution is -2.22. The summed E-state index contributed by atoms with van der Waals surface area (Å²) in [5.74, 6) is -1.68. The number of fused-ring (bicyclic) bond motifs is 1. The van der Waals surface area contributed by atoms with Gasteiger partial charge in [0.15, 0.2) is 0 Å². The number of hydrogen-bond acceptors (Lipinski definition) is 4. The molecule has 26 heavy (non-hydrogen) atoms. The van der Waals surface area contributed by atoms with Gasteiger partial charge in [-0.2, -0.15) is 9.37 Å². The zero-order valence-electron chi connectivity index (χ0n) is 13.6. The Balaban J connectivity index is 2.08. The molecule has 0 saturated heterocycles. The number of carboxylic acid groups (broad SMARTS) is 1. The van der Waals surface area contributed by atoms with Crippen molar-refractivity contribution in [1.82, 2.24) is 9.55 Å². The van der Waals surface area contributed by atoms with Crippen LogP contribution in [-0.4, -0.2) is 26.4 Å². The zero-order chi connectivity index (χ0) is 18.8. The van der Waals surface area contributed by atoms with Crippen molar-refractivity contribution in [2.45, 2.75) is 17.9 Å². The maximum Gasteiger partial charge on any atom is 0.341 e. The Bertz CT molecular complexity index is 1040. The highest BCUT2D eigenvalue weighted by Crippen LogP contribution is 2.26. The van der Waals surface area contributed by atoms with Crippen LogP contribution in [0.5, 0.6) is 0 Å². The lowest BCUT2D eigenvalue weighted by molar-refractivity contribution is 0.0694. The molecule has 0 spiro atoms. The van der Waals surface area contributed by atoms with Gasteiger partial charge in [-0.3, -0.25) is 4.79 Å². The molecule has 0 radical (unpaired) electrons. The smallest absolute Gasteiger partial charge is 0.341 e. The van der Waals surface area contributed by atoms with Gasteiger partial charge in [0.2, 0.25) is 11.4 Å². The van der Waals surface area contributed by atoms with Crippen LogP contribution in [0.25, 0.3) is 11.0 Å². The average molecular weight is 393 g/mol. The predicted octanol–water partition coefficient (Wildman–Crippen LogP) is 4.24. The van der Waals surface area contributed by atoms with Gasteiger partial charge in [0, 0.05) is 22.9 Å². The summed E-state index contributed by atoms with van der Waals surface area (Å²) in [6, 6.07) is 10.6. The quantitative estimate of drug-likeness (QED) is 0.519. The molecule has 5 nitrogen and oxygen atoms in total. The minimum absolute atomic E-state index is 0.0205.